The molecule has 3 nitrogen and oxygen atoms in total. The number of aryl methyl sites for hydroxylation is 1. The van der Waals surface area contributed by atoms with Crippen LogP contribution in [0.25, 0.3) is 5.65 Å². The van der Waals surface area contributed by atoms with Gasteiger partial charge in [0.2, 0.25) is 0 Å². The van der Waals surface area contributed by atoms with E-state index in [-0.39, 0.29) is 5.82 Å². The number of piperidine rings is 1. The van der Waals surface area contributed by atoms with Crippen molar-refractivity contribution in [3.05, 3.63) is 35.5 Å². The van der Waals surface area contributed by atoms with E-state index < -0.39 is 0 Å². The zero-order chi connectivity index (χ0) is 11.8. The predicted molar refractivity (Wildman–Crippen MR) is 64.7 cm³/mol. The van der Waals surface area contributed by atoms with Crippen LogP contribution in [-0.4, -0.2) is 22.5 Å². The van der Waals surface area contributed by atoms with Gasteiger partial charge in [0.1, 0.15) is 11.5 Å². The first-order valence-electron chi connectivity index (χ1n) is 6.10. The molecule has 0 unspecified atom stereocenters. The number of nitrogens with one attached hydrogen (secondary N) is 1. The van der Waals surface area contributed by atoms with Crippen molar-refractivity contribution in [3.8, 4) is 0 Å². The van der Waals surface area contributed by atoms with E-state index in [1.54, 1.807) is 6.20 Å². The van der Waals surface area contributed by atoms with Crippen LogP contribution in [0.3, 0.4) is 0 Å². The maximum atomic E-state index is 13.2. The first-order valence-corrected chi connectivity index (χ1v) is 6.10. The zero-order valence-corrected chi connectivity index (χ0v) is 9.91. The number of rotatable bonds is 1. The summed E-state index contributed by atoms with van der Waals surface area (Å²) in [5, 5.41) is 3.35. The minimum absolute atomic E-state index is 0.223. The first-order chi connectivity index (χ1) is 8.25. The molecule has 1 N–H and O–H groups in total. The third kappa shape index (κ3) is 1.82. The normalized spacial score (nSPS) is 17.8. The van der Waals surface area contributed by atoms with Crippen LogP contribution in [0.4, 0.5) is 4.39 Å². The number of pyridine rings is 1. The van der Waals surface area contributed by atoms with Gasteiger partial charge in [0.15, 0.2) is 0 Å². The number of hydrogen-bond acceptors (Lipinski definition) is 2. The standard InChI is InChI=1S/C13H16FN3/c1-9-13(10-2-5-15-6-3-10)16-12-8-11(14)4-7-17(9)12/h4,7-8,10,15H,2-3,5-6H2,1H3. The highest BCUT2D eigenvalue weighted by molar-refractivity contribution is 5.44. The third-order valence-corrected chi connectivity index (χ3v) is 3.59. The van der Waals surface area contributed by atoms with Crippen LogP contribution in [0, 0.1) is 12.7 Å². The summed E-state index contributed by atoms with van der Waals surface area (Å²) in [6, 6.07) is 2.98. The van der Waals surface area contributed by atoms with Crippen LogP contribution in [0.5, 0.6) is 0 Å². The molecule has 2 aromatic rings. The van der Waals surface area contributed by atoms with Crippen molar-refractivity contribution in [2.24, 2.45) is 0 Å². The van der Waals surface area contributed by atoms with Gasteiger partial charge in [-0.05, 0) is 38.9 Å². The Morgan fingerprint density at radius 3 is 2.94 bits per heavy atom. The van der Waals surface area contributed by atoms with Gasteiger partial charge in [-0.3, -0.25) is 0 Å². The Bertz CT molecular complexity index is 541. The molecule has 1 saturated heterocycles. The van der Waals surface area contributed by atoms with Gasteiger partial charge in [-0.15, -0.1) is 0 Å². The summed E-state index contributed by atoms with van der Waals surface area (Å²) in [6.07, 6.45) is 4.00. The lowest BCUT2D eigenvalue weighted by Crippen LogP contribution is -2.27. The Morgan fingerprint density at radius 1 is 1.41 bits per heavy atom. The fourth-order valence-electron chi connectivity index (χ4n) is 2.64. The molecule has 0 atom stereocenters. The van der Waals surface area contributed by atoms with Crippen LogP contribution >= 0.6 is 0 Å². The topological polar surface area (TPSA) is 29.3 Å². The fourth-order valence-corrected chi connectivity index (χ4v) is 2.64. The van der Waals surface area contributed by atoms with Crippen LogP contribution < -0.4 is 5.32 Å². The molecule has 3 rings (SSSR count). The maximum absolute atomic E-state index is 13.2. The van der Waals surface area contributed by atoms with Crippen molar-refractivity contribution >= 4 is 5.65 Å². The van der Waals surface area contributed by atoms with Crippen molar-refractivity contribution in [3.63, 3.8) is 0 Å². The quantitative estimate of drug-likeness (QED) is 0.818. The second kappa shape index (κ2) is 4.11. The Labute approximate surface area is 99.7 Å². The molecule has 1 aliphatic heterocycles. The molecule has 17 heavy (non-hydrogen) atoms. The highest BCUT2D eigenvalue weighted by Crippen LogP contribution is 2.27. The van der Waals surface area contributed by atoms with Crippen molar-refractivity contribution in [1.82, 2.24) is 14.7 Å². The minimum atomic E-state index is -0.223. The number of hydrogen-bond donors (Lipinski definition) is 1. The third-order valence-electron chi connectivity index (χ3n) is 3.59. The van der Waals surface area contributed by atoms with E-state index in [0.717, 1.165) is 43.0 Å². The minimum Gasteiger partial charge on any atom is -0.317 e. The number of imidazole rings is 1. The molecule has 0 amide bonds. The van der Waals surface area contributed by atoms with E-state index in [4.69, 9.17) is 0 Å². The molecule has 90 valence electrons. The monoisotopic (exact) mass is 233 g/mol. The first kappa shape index (κ1) is 10.7. The summed E-state index contributed by atoms with van der Waals surface area (Å²) in [6.45, 7) is 4.16. The summed E-state index contributed by atoms with van der Waals surface area (Å²) < 4.78 is 15.1. The Kier molecular flexibility index (Phi) is 2.59. The van der Waals surface area contributed by atoms with Gasteiger partial charge in [-0.1, -0.05) is 0 Å². The SMILES string of the molecule is Cc1c(C2CCNCC2)nc2cc(F)ccn12. The average Bonchev–Trinajstić information content (AvgIpc) is 2.67. The van der Waals surface area contributed by atoms with Crippen LogP contribution in [0.15, 0.2) is 18.3 Å². The number of halogens is 1. The summed E-state index contributed by atoms with van der Waals surface area (Å²) in [5.74, 6) is 0.290. The van der Waals surface area contributed by atoms with Crippen LogP contribution in [0.1, 0.15) is 30.1 Å². The highest BCUT2D eigenvalue weighted by Gasteiger charge is 2.21. The van der Waals surface area contributed by atoms with Gasteiger partial charge in [-0.25, -0.2) is 9.37 Å². The molecule has 0 saturated carbocycles. The second-order valence-corrected chi connectivity index (χ2v) is 4.68. The molecule has 2 aromatic heterocycles. The number of fused-ring (bicyclic) bond motifs is 1. The molecule has 0 aliphatic carbocycles. The largest absolute Gasteiger partial charge is 0.317 e. The van der Waals surface area contributed by atoms with Crippen molar-refractivity contribution in [2.45, 2.75) is 25.7 Å². The molecule has 0 spiro atoms. The van der Waals surface area contributed by atoms with E-state index in [9.17, 15) is 4.39 Å². The van der Waals surface area contributed by atoms with Gasteiger partial charge in [0.25, 0.3) is 0 Å². The van der Waals surface area contributed by atoms with E-state index in [1.807, 2.05) is 4.40 Å². The molecule has 0 bridgehead atoms. The molecular weight excluding hydrogens is 217 g/mol. The summed E-state index contributed by atoms with van der Waals surface area (Å²) >= 11 is 0. The van der Waals surface area contributed by atoms with Gasteiger partial charge >= 0.3 is 0 Å². The lowest BCUT2D eigenvalue weighted by atomic mass is 9.94. The predicted octanol–water partition coefficient (Wildman–Crippen LogP) is 2.25. The van der Waals surface area contributed by atoms with Gasteiger partial charge in [0, 0.05) is 23.9 Å². The molecule has 1 aliphatic rings. The smallest absolute Gasteiger partial charge is 0.140 e. The average molecular weight is 233 g/mol. The van der Waals surface area contributed by atoms with E-state index in [1.165, 1.54) is 12.1 Å². The molecule has 4 heteroatoms. The summed E-state index contributed by atoms with van der Waals surface area (Å²) in [5.41, 5.74) is 3.00. The highest BCUT2D eigenvalue weighted by atomic mass is 19.1. The number of aromatic nitrogens is 2. The fraction of sp³-hybridized carbons (Fsp3) is 0.462. The Morgan fingerprint density at radius 2 is 2.18 bits per heavy atom. The molecule has 0 aromatic carbocycles. The van der Waals surface area contributed by atoms with Gasteiger partial charge < -0.3 is 9.72 Å². The van der Waals surface area contributed by atoms with E-state index >= 15 is 0 Å². The maximum Gasteiger partial charge on any atom is 0.140 e. The van der Waals surface area contributed by atoms with Crippen LogP contribution in [0.2, 0.25) is 0 Å². The number of nitrogens with zero attached hydrogens (tertiary/aromatic N) is 2. The zero-order valence-electron chi connectivity index (χ0n) is 9.91. The van der Waals surface area contributed by atoms with E-state index in [2.05, 4.69) is 17.2 Å². The second-order valence-electron chi connectivity index (χ2n) is 4.68. The lowest BCUT2D eigenvalue weighted by molar-refractivity contribution is 0.453. The molecular formula is C13H16FN3. The molecule has 3 heterocycles. The molecule has 0 radical (unpaired) electrons. The van der Waals surface area contributed by atoms with Crippen LogP contribution in [-0.2, 0) is 0 Å². The summed E-state index contributed by atoms with van der Waals surface area (Å²) in [7, 11) is 0. The Balaban J connectivity index is 2.07. The van der Waals surface area contributed by atoms with Crippen molar-refractivity contribution < 1.29 is 4.39 Å². The van der Waals surface area contributed by atoms with Gasteiger partial charge in [-0.2, -0.15) is 0 Å². The van der Waals surface area contributed by atoms with Crippen molar-refractivity contribution in [1.29, 1.82) is 0 Å². The van der Waals surface area contributed by atoms with Crippen molar-refractivity contribution in [2.75, 3.05) is 13.1 Å². The van der Waals surface area contributed by atoms with E-state index in [0.29, 0.717) is 5.92 Å². The van der Waals surface area contributed by atoms with Gasteiger partial charge in [0.05, 0.1) is 5.69 Å². The summed E-state index contributed by atoms with van der Waals surface area (Å²) in [4.78, 5) is 4.59. The Hall–Kier alpha value is -1.42. The lowest BCUT2D eigenvalue weighted by Gasteiger charge is -2.21. The molecule has 1 fully saturated rings.